The molecular weight excluding hydrogens is 356 g/mol. The van der Waals surface area contributed by atoms with E-state index in [1.165, 1.54) is 36.1 Å². The first-order valence-electron chi connectivity index (χ1n) is 5.84. The van der Waals surface area contributed by atoms with E-state index in [1.54, 1.807) is 0 Å². The van der Waals surface area contributed by atoms with Crippen LogP contribution in [0.2, 0.25) is 0 Å². The molecule has 0 fully saturated rings. The predicted molar refractivity (Wildman–Crippen MR) is 80.6 cm³/mol. The van der Waals surface area contributed by atoms with Crippen LogP contribution < -0.4 is 5.73 Å². The van der Waals surface area contributed by atoms with Crippen molar-refractivity contribution in [3.63, 3.8) is 0 Å². The molecule has 112 valence electrons. The maximum atomic E-state index is 11.9. The molecule has 0 bridgehead atoms. The highest BCUT2D eigenvalue weighted by Gasteiger charge is 2.23. The van der Waals surface area contributed by atoms with Gasteiger partial charge in [0, 0.05) is 22.8 Å². The predicted octanol–water partition coefficient (Wildman–Crippen LogP) is 2.39. The molecule has 8 nitrogen and oxygen atoms in total. The fraction of sp³-hybridized carbons (Fsp3) is 0.0769. The first-order chi connectivity index (χ1) is 10.4. The highest BCUT2D eigenvalue weighted by Crippen LogP contribution is 2.31. The second-order valence-corrected chi connectivity index (χ2v) is 5.03. The number of esters is 1. The van der Waals surface area contributed by atoms with E-state index in [2.05, 4.69) is 20.7 Å². The summed E-state index contributed by atoms with van der Waals surface area (Å²) in [6, 6.07) is 5.89. The first kappa shape index (κ1) is 15.5. The van der Waals surface area contributed by atoms with Crippen LogP contribution in [0.4, 0.5) is 11.4 Å². The van der Waals surface area contributed by atoms with Gasteiger partial charge in [-0.25, -0.2) is 4.79 Å². The number of nitrogens with zero attached hydrogens (tertiary/aromatic N) is 3. The van der Waals surface area contributed by atoms with Crippen LogP contribution in [0.1, 0.15) is 16.1 Å². The molecule has 0 atom stereocenters. The second kappa shape index (κ2) is 5.87. The number of nitrogens with two attached hydrogens (primary N) is 1. The van der Waals surface area contributed by atoms with Gasteiger partial charge in [0.2, 0.25) is 0 Å². The van der Waals surface area contributed by atoms with E-state index in [-0.39, 0.29) is 22.6 Å². The zero-order valence-corrected chi connectivity index (χ0v) is 12.8. The Balaban J connectivity index is 2.70. The fourth-order valence-corrected chi connectivity index (χ4v) is 2.47. The van der Waals surface area contributed by atoms with Gasteiger partial charge in [0.15, 0.2) is 5.69 Å². The molecule has 1 heterocycles. The van der Waals surface area contributed by atoms with Crippen molar-refractivity contribution in [3.8, 4) is 11.8 Å². The monoisotopic (exact) mass is 364 g/mol. The van der Waals surface area contributed by atoms with Crippen LogP contribution in [0, 0.1) is 21.4 Å². The minimum Gasteiger partial charge on any atom is -0.464 e. The van der Waals surface area contributed by atoms with E-state index in [9.17, 15) is 14.9 Å². The summed E-state index contributed by atoms with van der Waals surface area (Å²) in [6.07, 6.45) is 1.37. The van der Waals surface area contributed by atoms with Gasteiger partial charge >= 0.3 is 5.97 Å². The Kier molecular flexibility index (Phi) is 4.14. The van der Waals surface area contributed by atoms with Gasteiger partial charge < -0.3 is 15.0 Å². The number of anilines is 1. The van der Waals surface area contributed by atoms with Crippen molar-refractivity contribution in [2.45, 2.75) is 0 Å². The van der Waals surface area contributed by atoms with Gasteiger partial charge in [-0.2, -0.15) is 5.26 Å². The third-order valence-electron chi connectivity index (χ3n) is 2.95. The standard InChI is InChI=1S/C13H9BrN4O4/c1-22-13(19)12-11(16)7(5-15)6-17(12)10-3-2-8(18(20)21)4-9(10)14/h2-4,6H,16H2,1H3. The number of benzene rings is 1. The largest absolute Gasteiger partial charge is 0.464 e. The molecule has 0 saturated heterocycles. The average molecular weight is 365 g/mol. The number of nitrogen functional groups attached to an aromatic ring is 1. The molecule has 0 saturated carbocycles. The molecule has 2 rings (SSSR count). The molecule has 0 aliphatic rings. The Bertz CT molecular complexity index is 822. The van der Waals surface area contributed by atoms with E-state index in [4.69, 9.17) is 11.0 Å². The van der Waals surface area contributed by atoms with Crippen molar-refractivity contribution >= 4 is 33.3 Å². The highest BCUT2D eigenvalue weighted by molar-refractivity contribution is 9.10. The number of hydrogen-bond acceptors (Lipinski definition) is 6. The molecule has 0 aliphatic heterocycles. The van der Waals surface area contributed by atoms with Gasteiger partial charge in [0.25, 0.3) is 5.69 Å². The molecular formula is C13H9BrN4O4. The number of nitro benzene ring substituents is 1. The van der Waals surface area contributed by atoms with Gasteiger partial charge in [0.1, 0.15) is 6.07 Å². The van der Waals surface area contributed by atoms with Crippen molar-refractivity contribution < 1.29 is 14.5 Å². The molecule has 0 aliphatic carbocycles. The Morgan fingerprint density at radius 3 is 2.73 bits per heavy atom. The second-order valence-electron chi connectivity index (χ2n) is 4.17. The number of halogens is 1. The Morgan fingerprint density at radius 1 is 1.55 bits per heavy atom. The van der Waals surface area contributed by atoms with Gasteiger partial charge in [0.05, 0.1) is 29.0 Å². The van der Waals surface area contributed by atoms with Crippen LogP contribution in [0.15, 0.2) is 28.9 Å². The van der Waals surface area contributed by atoms with Crippen molar-refractivity contribution in [2.24, 2.45) is 0 Å². The van der Waals surface area contributed by atoms with E-state index >= 15 is 0 Å². The summed E-state index contributed by atoms with van der Waals surface area (Å²) in [6.45, 7) is 0. The summed E-state index contributed by atoms with van der Waals surface area (Å²) in [5.41, 5.74) is 6.16. The average Bonchev–Trinajstić information content (AvgIpc) is 2.82. The number of carbonyl (C=O) groups excluding carboxylic acids is 1. The van der Waals surface area contributed by atoms with Crippen molar-refractivity contribution in [2.75, 3.05) is 12.8 Å². The Hall–Kier alpha value is -2.86. The van der Waals surface area contributed by atoms with Gasteiger partial charge in [-0.1, -0.05) is 0 Å². The van der Waals surface area contributed by atoms with Gasteiger partial charge in [-0.3, -0.25) is 10.1 Å². The van der Waals surface area contributed by atoms with E-state index < -0.39 is 10.9 Å². The van der Waals surface area contributed by atoms with Crippen molar-refractivity contribution in [1.29, 1.82) is 5.26 Å². The molecule has 0 unspecified atom stereocenters. The zero-order chi connectivity index (χ0) is 16.4. The van der Waals surface area contributed by atoms with Crippen molar-refractivity contribution in [1.82, 2.24) is 4.57 Å². The lowest BCUT2D eigenvalue weighted by molar-refractivity contribution is -0.384. The molecule has 1 aromatic carbocycles. The fourth-order valence-electron chi connectivity index (χ4n) is 1.91. The molecule has 0 spiro atoms. The summed E-state index contributed by atoms with van der Waals surface area (Å²) in [5, 5.41) is 19.8. The van der Waals surface area contributed by atoms with Gasteiger partial charge in [-0.15, -0.1) is 0 Å². The minimum atomic E-state index is -0.718. The molecule has 9 heteroatoms. The Labute approximate surface area is 133 Å². The maximum absolute atomic E-state index is 11.9. The number of methoxy groups -OCH3 is 1. The third-order valence-corrected chi connectivity index (χ3v) is 3.58. The summed E-state index contributed by atoms with van der Waals surface area (Å²) in [7, 11) is 1.19. The lowest BCUT2D eigenvalue weighted by Gasteiger charge is -2.10. The van der Waals surface area contributed by atoms with Crippen LogP contribution >= 0.6 is 15.9 Å². The highest BCUT2D eigenvalue weighted by atomic mass is 79.9. The lowest BCUT2D eigenvalue weighted by Crippen LogP contribution is -2.11. The molecule has 22 heavy (non-hydrogen) atoms. The van der Waals surface area contributed by atoms with Crippen molar-refractivity contribution in [3.05, 3.63) is 50.2 Å². The van der Waals surface area contributed by atoms with Crippen LogP contribution in [-0.2, 0) is 4.74 Å². The summed E-state index contributed by atoms with van der Waals surface area (Å²) >= 11 is 3.21. The van der Waals surface area contributed by atoms with Crippen LogP contribution in [0.25, 0.3) is 5.69 Å². The number of ether oxygens (including phenoxy) is 1. The number of hydrogen-bond donors (Lipinski definition) is 1. The molecule has 0 amide bonds. The van der Waals surface area contributed by atoms with E-state index in [1.807, 2.05) is 6.07 Å². The quantitative estimate of drug-likeness (QED) is 0.506. The summed E-state index contributed by atoms with van der Waals surface area (Å²) in [4.78, 5) is 22.1. The van der Waals surface area contributed by atoms with E-state index in [0.717, 1.165) is 0 Å². The number of rotatable bonds is 3. The number of carbonyl (C=O) groups is 1. The minimum absolute atomic E-state index is 0.0143. The maximum Gasteiger partial charge on any atom is 0.357 e. The number of aromatic nitrogens is 1. The topological polar surface area (TPSA) is 124 Å². The Morgan fingerprint density at radius 2 is 2.23 bits per heavy atom. The normalized spacial score (nSPS) is 10.0. The summed E-state index contributed by atoms with van der Waals surface area (Å²) in [5.74, 6) is -0.718. The molecule has 1 aromatic heterocycles. The first-order valence-corrected chi connectivity index (χ1v) is 6.63. The SMILES string of the molecule is COC(=O)c1c(N)c(C#N)cn1-c1ccc([N+](=O)[O-])cc1Br. The van der Waals surface area contributed by atoms with E-state index in [0.29, 0.717) is 10.2 Å². The number of nitriles is 1. The summed E-state index contributed by atoms with van der Waals surface area (Å²) < 4.78 is 6.39. The molecule has 2 N–H and O–H groups in total. The van der Waals surface area contributed by atoms with Crippen LogP contribution in [0.5, 0.6) is 0 Å². The lowest BCUT2D eigenvalue weighted by atomic mass is 10.2. The number of non-ortho nitro benzene ring substituents is 1. The molecule has 2 aromatic rings. The smallest absolute Gasteiger partial charge is 0.357 e. The van der Waals surface area contributed by atoms with Crippen LogP contribution in [0.3, 0.4) is 0 Å². The van der Waals surface area contributed by atoms with Gasteiger partial charge in [-0.05, 0) is 22.0 Å². The number of nitro groups is 1. The third kappa shape index (κ3) is 2.51. The molecule has 0 radical (unpaired) electrons. The van der Waals surface area contributed by atoms with Crippen LogP contribution in [-0.4, -0.2) is 22.6 Å². The zero-order valence-electron chi connectivity index (χ0n) is 11.2.